The molecule has 2 unspecified atom stereocenters. The van der Waals surface area contributed by atoms with E-state index >= 15 is 0 Å². The van der Waals surface area contributed by atoms with Crippen LogP contribution in [-0.2, 0) is 9.59 Å². The molecule has 0 radical (unpaired) electrons. The van der Waals surface area contributed by atoms with Gasteiger partial charge in [-0.15, -0.1) is 0 Å². The zero-order valence-electron chi connectivity index (χ0n) is 11.3. The summed E-state index contributed by atoms with van der Waals surface area (Å²) in [6.45, 7) is 5.14. The van der Waals surface area contributed by atoms with Crippen molar-refractivity contribution in [3.63, 3.8) is 0 Å². The minimum absolute atomic E-state index is 0.00216. The summed E-state index contributed by atoms with van der Waals surface area (Å²) in [5.41, 5.74) is 0. The maximum atomic E-state index is 11.5. The van der Waals surface area contributed by atoms with Crippen molar-refractivity contribution < 1.29 is 24.6 Å². The van der Waals surface area contributed by atoms with Crippen molar-refractivity contribution in [1.82, 2.24) is 16.0 Å². The van der Waals surface area contributed by atoms with Crippen LogP contribution in [0.25, 0.3) is 0 Å². The number of aliphatic carboxylic acids is 1. The topological polar surface area (TPSA) is 128 Å². The molecule has 0 saturated carbocycles. The van der Waals surface area contributed by atoms with Crippen molar-refractivity contribution >= 4 is 17.9 Å². The maximum absolute atomic E-state index is 11.5. The monoisotopic (exact) mass is 275 g/mol. The van der Waals surface area contributed by atoms with Crippen LogP contribution in [0.2, 0.25) is 0 Å². The van der Waals surface area contributed by atoms with Gasteiger partial charge in [0.25, 0.3) is 0 Å². The van der Waals surface area contributed by atoms with Crippen LogP contribution >= 0.6 is 0 Å². The van der Waals surface area contributed by atoms with Crippen LogP contribution in [0, 0.1) is 0 Å². The Morgan fingerprint density at radius 3 is 2.16 bits per heavy atom. The average molecular weight is 275 g/mol. The number of hydrogen-bond donors (Lipinski definition) is 5. The molecule has 0 aromatic heterocycles. The van der Waals surface area contributed by atoms with Gasteiger partial charge in [0, 0.05) is 19.0 Å². The number of urea groups is 1. The molecule has 0 saturated heterocycles. The van der Waals surface area contributed by atoms with Gasteiger partial charge < -0.3 is 26.2 Å². The zero-order chi connectivity index (χ0) is 15.0. The SMILES string of the molecule is CC(C)NC(=O)C(C)NC(=O)NCCC(O)C(=O)O. The molecule has 0 rings (SSSR count). The number of carboxylic acids is 1. The molecule has 0 aromatic rings. The lowest BCUT2D eigenvalue weighted by Gasteiger charge is -2.16. The molecule has 0 aliphatic rings. The molecule has 3 amide bonds. The van der Waals surface area contributed by atoms with Crippen LogP contribution in [0.15, 0.2) is 0 Å². The van der Waals surface area contributed by atoms with Crippen LogP contribution in [0.5, 0.6) is 0 Å². The van der Waals surface area contributed by atoms with Gasteiger partial charge in [0.15, 0.2) is 6.10 Å². The molecule has 8 heteroatoms. The predicted molar refractivity (Wildman–Crippen MR) is 67.5 cm³/mol. The molecule has 110 valence electrons. The molecule has 0 heterocycles. The summed E-state index contributed by atoms with van der Waals surface area (Å²) in [6.07, 6.45) is -1.61. The Balaban J connectivity index is 3.91. The summed E-state index contributed by atoms with van der Waals surface area (Å²) in [5.74, 6) is -1.65. The molecule has 5 N–H and O–H groups in total. The van der Waals surface area contributed by atoms with E-state index in [2.05, 4.69) is 16.0 Å². The van der Waals surface area contributed by atoms with Crippen molar-refractivity contribution in [2.24, 2.45) is 0 Å². The van der Waals surface area contributed by atoms with Crippen molar-refractivity contribution in [2.75, 3.05) is 6.54 Å². The molecule has 0 aromatic carbocycles. The number of carbonyl (C=O) groups is 3. The number of aliphatic hydroxyl groups is 1. The fraction of sp³-hybridized carbons (Fsp3) is 0.727. The highest BCUT2D eigenvalue weighted by molar-refractivity contribution is 5.86. The summed E-state index contributed by atoms with van der Waals surface area (Å²) < 4.78 is 0. The minimum atomic E-state index is -1.51. The standard InChI is InChI=1S/C11H21N3O5/c1-6(2)13-9(16)7(3)14-11(19)12-5-4-8(15)10(17)18/h6-8,15H,4-5H2,1-3H3,(H,13,16)(H,17,18)(H2,12,14,19). The Labute approximate surface area is 111 Å². The van der Waals surface area contributed by atoms with E-state index in [0.717, 1.165) is 0 Å². The molecule has 2 atom stereocenters. The highest BCUT2D eigenvalue weighted by Crippen LogP contribution is 1.90. The first-order chi connectivity index (χ1) is 8.73. The Hall–Kier alpha value is -1.83. The highest BCUT2D eigenvalue weighted by Gasteiger charge is 2.17. The van der Waals surface area contributed by atoms with Gasteiger partial charge >= 0.3 is 12.0 Å². The van der Waals surface area contributed by atoms with E-state index in [1.807, 2.05) is 0 Å². The molecule has 0 bridgehead atoms. The molecule has 0 aliphatic heterocycles. The highest BCUT2D eigenvalue weighted by atomic mass is 16.4. The van der Waals surface area contributed by atoms with Gasteiger partial charge in [-0.25, -0.2) is 9.59 Å². The molecular weight excluding hydrogens is 254 g/mol. The third-order valence-corrected chi connectivity index (χ3v) is 2.16. The Morgan fingerprint density at radius 2 is 1.68 bits per heavy atom. The normalized spacial score (nSPS) is 13.5. The molecule has 0 aliphatic carbocycles. The Morgan fingerprint density at radius 1 is 1.11 bits per heavy atom. The minimum Gasteiger partial charge on any atom is -0.479 e. The maximum Gasteiger partial charge on any atom is 0.332 e. The lowest BCUT2D eigenvalue weighted by Crippen LogP contribution is -2.50. The lowest BCUT2D eigenvalue weighted by atomic mass is 10.2. The zero-order valence-corrected chi connectivity index (χ0v) is 11.3. The van der Waals surface area contributed by atoms with E-state index in [1.165, 1.54) is 6.92 Å². The van der Waals surface area contributed by atoms with Crippen LogP contribution in [0.1, 0.15) is 27.2 Å². The van der Waals surface area contributed by atoms with E-state index in [9.17, 15) is 14.4 Å². The van der Waals surface area contributed by atoms with Crippen molar-refractivity contribution in [3.8, 4) is 0 Å². The van der Waals surface area contributed by atoms with Gasteiger partial charge in [0.2, 0.25) is 5.91 Å². The first-order valence-electron chi connectivity index (χ1n) is 5.99. The molecule has 0 fully saturated rings. The number of carbonyl (C=O) groups excluding carboxylic acids is 2. The van der Waals surface area contributed by atoms with Crippen LogP contribution < -0.4 is 16.0 Å². The predicted octanol–water partition coefficient (Wildman–Crippen LogP) is -0.966. The summed E-state index contributed by atoms with van der Waals surface area (Å²) in [6, 6.07) is -1.32. The third kappa shape index (κ3) is 7.98. The van der Waals surface area contributed by atoms with E-state index < -0.39 is 24.1 Å². The first-order valence-corrected chi connectivity index (χ1v) is 5.99. The summed E-state index contributed by atoms with van der Waals surface area (Å²) in [4.78, 5) is 33.2. The lowest BCUT2D eigenvalue weighted by molar-refractivity contribution is -0.146. The molecular formula is C11H21N3O5. The third-order valence-electron chi connectivity index (χ3n) is 2.16. The Kier molecular flexibility index (Phi) is 7.50. The van der Waals surface area contributed by atoms with E-state index in [-0.39, 0.29) is 24.9 Å². The van der Waals surface area contributed by atoms with Gasteiger partial charge in [0.05, 0.1) is 0 Å². The van der Waals surface area contributed by atoms with Gasteiger partial charge in [0.1, 0.15) is 6.04 Å². The largest absolute Gasteiger partial charge is 0.479 e. The van der Waals surface area contributed by atoms with Crippen molar-refractivity contribution in [1.29, 1.82) is 0 Å². The number of aliphatic hydroxyl groups excluding tert-OH is 1. The second-order valence-corrected chi connectivity index (χ2v) is 4.43. The Bertz CT molecular complexity index is 332. The number of nitrogens with one attached hydrogen (secondary N) is 3. The number of amides is 3. The first kappa shape index (κ1) is 17.2. The number of rotatable bonds is 7. The van der Waals surface area contributed by atoms with Gasteiger partial charge in [-0.1, -0.05) is 0 Å². The number of carboxylic acid groups (broad SMARTS) is 1. The molecule has 19 heavy (non-hydrogen) atoms. The van der Waals surface area contributed by atoms with Gasteiger partial charge in [-0.3, -0.25) is 4.79 Å². The van der Waals surface area contributed by atoms with Crippen LogP contribution in [-0.4, -0.2) is 52.9 Å². The van der Waals surface area contributed by atoms with Gasteiger partial charge in [-0.05, 0) is 20.8 Å². The molecule has 8 nitrogen and oxygen atoms in total. The summed E-state index contributed by atoms with van der Waals surface area (Å²) >= 11 is 0. The van der Waals surface area contributed by atoms with Crippen LogP contribution in [0.4, 0.5) is 4.79 Å². The van der Waals surface area contributed by atoms with E-state index in [4.69, 9.17) is 10.2 Å². The smallest absolute Gasteiger partial charge is 0.332 e. The number of hydrogen-bond acceptors (Lipinski definition) is 4. The second-order valence-electron chi connectivity index (χ2n) is 4.43. The summed E-state index contributed by atoms with van der Waals surface area (Å²) in [7, 11) is 0. The van der Waals surface area contributed by atoms with E-state index in [1.54, 1.807) is 13.8 Å². The van der Waals surface area contributed by atoms with Crippen molar-refractivity contribution in [3.05, 3.63) is 0 Å². The van der Waals surface area contributed by atoms with Crippen LogP contribution in [0.3, 0.4) is 0 Å². The average Bonchev–Trinajstić information content (AvgIpc) is 2.27. The van der Waals surface area contributed by atoms with E-state index in [0.29, 0.717) is 0 Å². The summed E-state index contributed by atoms with van der Waals surface area (Å²) in [5, 5.41) is 24.8. The second kappa shape index (κ2) is 8.30. The quantitative estimate of drug-likeness (QED) is 0.408. The fourth-order valence-corrected chi connectivity index (χ4v) is 1.17. The fourth-order valence-electron chi connectivity index (χ4n) is 1.17. The van der Waals surface area contributed by atoms with Crippen molar-refractivity contribution in [2.45, 2.75) is 45.4 Å². The molecule has 0 spiro atoms. The van der Waals surface area contributed by atoms with Gasteiger partial charge in [-0.2, -0.15) is 0 Å².